The molecule has 144 valence electrons. The smallest absolute Gasteiger partial charge is 0.229 e. The Morgan fingerprint density at radius 2 is 2.19 bits per heavy atom. The number of ether oxygens (including phenoxy) is 2. The molecule has 1 aromatic heterocycles. The number of carbonyl (C=O) groups excluding carboxylic acids is 1. The first-order valence-corrected chi connectivity index (χ1v) is 9.63. The summed E-state index contributed by atoms with van der Waals surface area (Å²) >= 11 is 0. The Balaban J connectivity index is 1.27. The van der Waals surface area contributed by atoms with Crippen molar-refractivity contribution in [2.45, 2.75) is 44.4 Å². The van der Waals surface area contributed by atoms with Gasteiger partial charge in [0.1, 0.15) is 18.1 Å². The Morgan fingerprint density at radius 1 is 1.33 bits per heavy atom. The molecule has 0 radical (unpaired) electrons. The number of hydrogen-bond acceptors (Lipinski definition) is 6. The lowest BCUT2D eigenvalue weighted by Gasteiger charge is -2.24. The van der Waals surface area contributed by atoms with Crippen LogP contribution in [0.2, 0.25) is 0 Å². The molecule has 27 heavy (non-hydrogen) atoms. The van der Waals surface area contributed by atoms with E-state index in [1.807, 2.05) is 18.2 Å². The van der Waals surface area contributed by atoms with Crippen molar-refractivity contribution in [3.05, 3.63) is 35.5 Å². The fraction of sp³-hybridized carbons (Fsp3) is 0.550. The molecule has 2 heterocycles. The van der Waals surface area contributed by atoms with Gasteiger partial charge in [0, 0.05) is 18.9 Å². The Hall–Kier alpha value is -2.57. The van der Waals surface area contributed by atoms with Gasteiger partial charge in [-0.3, -0.25) is 4.79 Å². The highest BCUT2D eigenvalue weighted by Crippen LogP contribution is 2.33. The Kier molecular flexibility index (Phi) is 5.27. The highest BCUT2D eigenvalue weighted by molar-refractivity contribution is 5.79. The highest BCUT2D eigenvalue weighted by atomic mass is 16.5. The van der Waals surface area contributed by atoms with E-state index in [4.69, 9.17) is 14.0 Å². The van der Waals surface area contributed by atoms with Gasteiger partial charge >= 0.3 is 0 Å². The van der Waals surface area contributed by atoms with Crippen LogP contribution in [0.4, 0.5) is 0 Å². The molecule has 2 aromatic rings. The summed E-state index contributed by atoms with van der Waals surface area (Å²) in [5.74, 6) is 3.20. The number of fused-ring (bicyclic) bond motifs is 1. The molecule has 1 fully saturated rings. The maximum absolute atomic E-state index is 12.5. The highest BCUT2D eigenvalue weighted by Gasteiger charge is 2.26. The number of methoxy groups -OCH3 is 1. The second-order valence-electron chi connectivity index (χ2n) is 7.26. The van der Waals surface area contributed by atoms with Gasteiger partial charge in [-0.1, -0.05) is 18.0 Å². The number of hydrogen-bond donors (Lipinski definition) is 1. The zero-order valence-corrected chi connectivity index (χ0v) is 15.6. The number of nitrogens with one attached hydrogen (secondary N) is 1. The molecule has 1 N–H and O–H groups in total. The predicted octanol–water partition coefficient (Wildman–Crippen LogP) is 2.65. The van der Waals surface area contributed by atoms with Crippen LogP contribution < -0.4 is 14.8 Å². The Labute approximate surface area is 158 Å². The van der Waals surface area contributed by atoms with Crippen LogP contribution in [0.25, 0.3) is 0 Å². The maximum atomic E-state index is 12.5. The van der Waals surface area contributed by atoms with E-state index in [0.29, 0.717) is 37.7 Å². The Morgan fingerprint density at radius 3 is 3.00 bits per heavy atom. The Bertz CT molecular complexity index is 798. The minimum absolute atomic E-state index is 0.0111. The van der Waals surface area contributed by atoms with E-state index in [1.54, 1.807) is 7.11 Å². The summed E-state index contributed by atoms with van der Waals surface area (Å²) in [7, 11) is 1.63. The van der Waals surface area contributed by atoms with Crippen molar-refractivity contribution in [2.24, 2.45) is 5.92 Å². The van der Waals surface area contributed by atoms with E-state index in [9.17, 15) is 4.79 Å². The number of aromatic nitrogens is 2. The third-order valence-corrected chi connectivity index (χ3v) is 5.38. The lowest BCUT2D eigenvalue weighted by Crippen LogP contribution is -2.38. The molecule has 4 rings (SSSR count). The molecule has 0 unspecified atom stereocenters. The summed E-state index contributed by atoms with van der Waals surface area (Å²) < 4.78 is 16.4. The molecular formula is C20H25N3O4. The van der Waals surface area contributed by atoms with E-state index >= 15 is 0 Å². The largest absolute Gasteiger partial charge is 0.497 e. The summed E-state index contributed by atoms with van der Waals surface area (Å²) in [6, 6.07) is 5.68. The van der Waals surface area contributed by atoms with E-state index in [0.717, 1.165) is 35.8 Å². The fourth-order valence-electron chi connectivity index (χ4n) is 3.82. The molecule has 1 atom stereocenters. The van der Waals surface area contributed by atoms with Crippen LogP contribution >= 0.6 is 0 Å². The second-order valence-corrected chi connectivity index (χ2v) is 7.26. The average molecular weight is 371 g/mol. The monoisotopic (exact) mass is 371 g/mol. The SMILES string of the molecule is COc1ccc2c(c1)C[C@H](C(=O)NCCc1noc(C3CCCC3)n1)CO2. The van der Waals surface area contributed by atoms with Crippen molar-refractivity contribution in [1.82, 2.24) is 15.5 Å². The van der Waals surface area contributed by atoms with E-state index < -0.39 is 0 Å². The predicted molar refractivity (Wildman–Crippen MR) is 97.9 cm³/mol. The second kappa shape index (κ2) is 7.98. The van der Waals surface area contributed by atoms with Gasteiger partial charge in [0.25, 0.3) is 0 Å². The number of amides is 1. The fourth-order valence-corrected chi connectivity index (χ4v) is 3.82. The van der Waals surface area contributed by atoms with Gasteiger partial charge in [0.2, 0.25) is 11.8 Å². The topological polar surface area (TPSA) is 86.5 Å². The van der Waals surface area contributed by atoms with Gasteiger partial charge in [-0.05, 0) is 43.0 Å². The minimum atomic E-state index is -0.205. The standard InChI is InChI=1S/C20H25N3O4/c1-25-16-6-7-17-14(11-16)10-15(12-26-17)19(24)21-9-8-18-22-20(27-23-18)13-4-2-3-5-13/h6-7,11,13,15H,2-5,8-10,12H2,1H3,(H,21,24)/t15-/m0/s1. The molecule has 7 heteroatoms. The number of rotatable bonds is 6. The van der Waals surface area contributed by atoms with Crippen molar-refractivity contribution >= 4 is 5.91 Å². The summed E-state index contributed by atoms with van der Waals surface area (Å²) in [6.45, 7) is 0.878. The van der Waals surface area contributed by atoms with Gasteiger partial charge in [-0.25, -0.2) is 0 Å². The van der Waals surface area contributed by atoms with Crippen LogP contribution in [0.15, 0.2) is 22.7 Å². The van der Waals surface area contributed by atoms with Crippen molar-refractivity contribution in [3.8, 4) is 11.5 Å². The lowest BCUT2D eigenvalue weighted by molar-refractivity contribution is -0.126. The quantitative estimate of drug-likeness (QED) is 0.840. The average Bonchev–Trinajstić information content (AvgIpc) is 3.38. The minimum Gasteiger partial charge on any atom is -0.497 e. The van der Waals surface area contributed by atoms with Gasteiger partial charge in [0.05, 0.1) is 13.0 Å². The zero-order valence-electron chi connectivity index (χ0n) is 15.6. The summed E-state index contributed by atoms with van der Waals surface area (Å²) in [4.78, 5) is 17.0. The molecule has 1 aromatic carbocycles. The molecule has 1 amide bonds. The van der Waals surface area contributed by atoms with Gasteiger partial charge in [0.15, 0.2) is 5.82 Å². The number of nitrogens with zero attached hydrogens (tertiary/aromatic N) is 2. The normalized spacial score (nSPS) is 19.4. The van der Waals surface area contributed by atoms with Gasteiger partial charge in [-0.2, -0.15) is 4.98 Å². The number of carbonyl (C=O) groups is 1. The first-order valence-electron chi connectivity index (χ1n) is 9.63. The summed E-state index contributed by atoms with van der Waals surface area (Å²) in [5, 5.41) is 7.01. The molecule has 0 bridgehead atoms. The molecule has 1 saturated carbocycles. The van der Waals surface area contributed by atoms with Crippen molar-refractivity contribution in [2.75, 3.05) is 20.3 Å². The van der Waals surface area contributed by atoms with Crippen LogP contribution in [0.3, 0.4) is 0 Å². The molecule has 7 nitrogen and oxygen atoms in total. The van der Waals surface area contributed by atoms with Crippen LogP contribution in [0.5, 0.6) is 11.5 Å². The van der Waals surface area contributed by atoms with Crippen LogP contribution in [-0.4, -0.2) is 36.3 Å². The molecule has 2 aliphatic rings. The van der Waals surface area contributed by atoms with E-state index in [2.05, 4.69) is 15.5 Å². The number of benzene rings is 1. The first kappa shape index (κ1) is 17.8. The van der Waals surface area contributed by atoms with Gasteiger partial charge in [-0.15, -0.1) is 0 Å². The van der Waals surface area contributed by atoms with Crippen LogP contribution in [-0.2, 0) is 17.6 Å². The molecule has 0 spiro atoms. The lowest BCUT2D eigenvalue weighted by atomic mass is 9.96. The van der Waals surface area contributed by atoms with Crippen LogP contribution in [0.1, 0.15) is 48.9 Å². The summed E-state index contributed by atoms with van der Waals surface area (Å²) in [6.07, 6.45) is 5.94. The molecule has 0 saturated heterocycles. The zero-order chi connectivity index (χ0) is 18.6. The van der Waals surface area contributed by atoms with Gasteiger partial charge < -0.3 is 19.3 Å². The molecule has 1 aliphatic carbocycles. The summed E-state index contributed by atoms with van der Waals surface area (Å²) in [5.41, 5.74) is 1.00. The van der Waals surface area contributed by atoms with E-state index in [1.165, 1.54) is 12.8 Å². The van der Waals surface area contributed by atoms with E-state index in [-0.39, 0.29) is 11.8 Å². The van der Waals surface area contributed by atoms with Crippen molar-refractivity contribution in [1.29, 1.82) is 0 Å². The first-order chi connectivity index (χ1) is 13.2. The third-order valence-electron chi connectivity index (χ3n) is 5.38. The molecule has 1 aliphatic heterocycles. The maximum Gasteiger partial charge on any atom is 0.229 e. The third kappa shape index (κ3) is 4.07. The van der Waals surface area contributed by atoms with Crippen molar-refractivity contribution in [3.63, 3.8) is 0 Å². The van der Waals surface area contributed by atoms with Crippen LogP contribution in [0, 0.1) is 5.92 Å². The molecular weight excluding hydrogens is 346 g/mol. The van der Waals surface area contributed by atoms with Crippen molar-refractivity contribution < 1.29 is 18.8 Å².